The first-order valence-corrected chi connectivity index (χ1v) is 9.19. The number of rotatable bonds is 19. The Kier molecular flexibility index (Phi) is 18.8. The van der Waals surface area contributed by atoms with Crippen molar-refractivity contribution in [2.75, 3.05) is 52.5 Å². The monoisotopic (exact) mass is 331 g/mol. The molecule has 0 aliphatic heterocycles. The lowest BCUT2D eigenvalue weighted by atomic mass is 10.2. The molecule has 0 rings (SSSR count). The largest absolute Gasteiger partial charge is 0.481 e. The molecule has 0 aromatic heterocycles. The lowest BCUT2D eigenvalue weighted by Gasteiger charge is -2.07. The summed E-state index contributed by atoms with van der Waals surface area (Å²) in [6.07, 6.45) is 6.65. The molecule has 0 radical (unpaired) electrons. The Morgan fingerprint density at radius 3 is 2.09 bits per heavy atom. The lowest BCUT2D eigenvalue weighted by molar-refractivity contribution is -0.137. The van der Waals surface area contributed by atoms with Gasteiger partial charge in [-0.2, -0.15) is 0 Å². The van der Waals surface area contributed by atoms with Crippen LogP contribution in [0.1, 0.15) is 51.9 Å². The van der Waals surface area contributed by atoms with E-state index in [-0.39, 0.29) is 6.42 Å². The van der Waals surface area contributed by atoms with Gasteiger partial charge < -0.3 is 25.8 Å². The summed E-state index contributed by atoms with van der Waals surface area (Å²) in [4.78, 5) is 10.3. The molecule has 0 saturated carbocycles. The van der Waals surface area contributed by atoms with E-state index in [1.165, 1.54) is 19.3 Å². The van der Waals surface area contributed by atoms with Crippen LogP contribution in [0.25, 0.3) is 0 Å². The fourth-order valence-corrected chi connectivity index (χ4v) is 2.09. The molecule has 6 heteroatoms. The Morgan fingerprint density at radius 1 is 0.783 bits per heavy atom. The third kappa shape index (κ3) is 21.3. The predicted molar refractivity (Wildman–Crippen MR) is 95.1 cm³/mol. The van der Waals surface area contributed by atoms with Crippen molar-refractivity contribution in [2.45, 2.75) is 51.9 Å². The Labute approximate surface area is 141 Å². The molecular formula is C17H37N3O3. The second-order valence-electron chi connectivity index (χ2n) is 5.77. The van der Waals surface area contributed by atoms with E-state index >= 15 is 0 Å². The minimum atomic E-state index is -0.713. The number of unbranched alkanes of at least 4 members (excludes halogenated alkanes) is 2. The van der Waals surface area contributed by atoms with Crippen molar-refractivity contribution in [3.63, 3.8) is 0 Å². The average molecular weight is 332 g/mol. The molecule has 0 aliphatic carbocycles. The van der Waals surface area contributed by atoms with Gasteiger partial charge in [-0.1, -0.05) is 13.3 Å². The number of aliphatic carboxylic acids is 1. The van der Waals surface area contributed by atoms with E-state index in [0.717, 1.165) is 71.7 Å². The highest BCUT2D eigenvalue weighted by Gasteiger charge is 1.96. The molecule has 0 aliphatic rings. The molecule has 0 heterocycles. The molecule has 0 fully saturated rings. The summed E-state index contributed by atoms with van der Waals surface area (Å²) < 4.78 is 5.54. The topological polar surface area (TPSA) is 82.6 Å². The second kappa shape index (κ2) is 19.4. The lowest BCUT2D eigenvalue weighted by Crippen LogP contribution is -2.24. The van der Waals surface area contributed by atoms with Crippen LogP contribution < -0.4 is 16.0 Å². The zero-order valence-corrected chi connectivity index (χ0v) is 14.9. The van der Waals surface area contributed by atoms with Crippen molar-refractivity contribution >= 4 is 5.97 Å². The fraction of sp³-hybridized carbons (Fsp3) is 0.941. The van der Waals surface area contributed by atoms with Gasteiger partial charge in [0.15, 0.2) is 0 Å². The van der Waals surface area contributed by atoms with Gasteiger partial charge >= 0.3 is 5.97 Å². The molecule has 0 amide bonds. The number of carbonyl (C=O) groups is 1. The highest BCUT2D eigenvalue weighted by atomic mass is 16.5. The number of carboxylic acid groups (broad SMARTS) is 1. The first-order chi connectivity index (χ1) is 11.3. The predicted octanol–water partition coefficient (Wildman–Crippen LogP) is 1.61. The third-order valence-electron chi connectivity index (χ3n) is 3.47. The molecule has 6 nitrogen and oxygen atoms in total. The zero-order valence-electron chi connectivity index (χ0n) is 14.9. The first-order valence-electron chi connectivity index (χ1n) is 9.19. The number of hydrogen-bond acceptors (Lipinski definition) is 5. The average Bonchev–Trinajstić information content (AvgIpc) is 2.53. The number of nitrogens with one attached hydrogen (secondary N) is 3. The van der Waals surface area contributed by atoms with Gasteiger partial charge in [0, 0.05) is 19.6 Å². The van der Waals surface area contributed by atoms with Crippen molar-refractivity contribution < 1.29 is 14.6 Å². The second-order valence-corrected chi connectivity index (χ2v) is 5.77. The molecule has 0 bridgehead atoms. The number of hydrogen-bond donors (Lipinski definition) is 4. The molecule has 0 aromatic carbocycles. The summed E-state index contributed by atoms with van der Waals surface area (Å²) >= 11 is 0. The third-order valence-corrected chi connectivity index (χ3v) is 3.47. The summed E-state index contributed by atoms with van der Waals surface area (Å²) in [5, 5.41) is 18.6. The smallest absolute Gasteiger partial charge is 0.303 e. The Morgan fingerprint density at radius 2 is 1.39 bits per heavy atom. The Hall–Kier alpha value is -0.690. The summed E-state index contributed by atoms with van der Waals surface area (Å²) in [6.45, 7) is 9.75. The van der Waals surface area contributed by atoms with Gasteiger partial charge in [-0.15, -0.1) is 0 Å². The van der Waals surface area contributed by atoms with Gasteiger partial charge in [-0.25, -0.2) is 0 Å². The maximum Gasteiger partial charge on any atom is 0.303 e. The van der Waals surface area contributed by atoms with Crippen LogP contribution in [0.2, 0.25) is 0 Å². The van der Waals surface area contributed by atoms with Crippen LogP contribution >= 0.6 is 0 Å². The van der Waals surface area contributed by atoms with Gasteiger partial charge in [0.25, 0.3) is 0 Å². The van der Waals surface area contributed by atoms with Gasteiger partial charge in [0.1, 0.15) is 0 Å². The van der Waals surface area contributed by atoms with Crippen LogP contribution in [0.5, 0.6) is 0 Å². The van der Waals surface area contributed by atoms with Gasteiger partial charge in [-0.05, 0) is 64.8 Å². The van der Waals surface area contributed by atoms with E-state index in [2.05, 4.69) is 22.9 Å². The SMILES string of the molecule is CCCCNCCCNCCCOCCNCCCCC(=O)O. The Balaban J connectivity index is 2.96. The molecule has 138 valence electrons. The molecule has 0 spiro atoms. The van der Waals surface area contributed by atoms with Crippen LogP contribution in [-0.2, 0) is 9.53 Å². The molecule has 0 aromatic rings. The summed E-state index contributed by atoms with van der Waals surface area (Å²) in [7, 11) is 0. The van der Waals surface area contributed by atoms with Gasteiger partial charge in [0.2, 0.25) is 0 Å². The Bertz CT molecular complexity index is 253. The van der Waals surface area contributed by atoms with E-state index in [0.29, 0.717) is 0 Å². The van der Waals surface area contributed by atoms with Crippen LogP contribution in [0.3, 0.4) is 0 Å². The fourth-order valence-electron chi connectivity index (χ4n) is 2.09. The van der Waals surface area contributed by atoms with E-state index < -0.39 is 5.97 Å². The molecule has 0 unspecified atom stereocenters. The zero-order chi connectivity index (χ0) is 17.0. The summed E-state index contributed by atoms with van der Waals surface area (Å²) in [5.41, 5.74) is 0. The van der Waals surface area contributed by atoms with Crippen LogP contribution in [0.4, 0.5) is 0 Å². The summed E-state index contributed by atoms with van der Waals surface area (Å²) in [6, 6.07) is 0. The van der Waals surface area contributed by atoms with E-state index in [1.807, 2.05) is 0 Å². The maximum absolute atomic E-state index is 10.3. The van der Waals surface area contributed by atoms with Crippen molar-refractivity contribution in [2.24, 2.45) is 0 Å². The van der Waals surface area contributed by atoms with Crippen LogP contribution in [0.15, 0.2) is 0 Å². The molecule has 23 heavy (non-hydrogen) atoms. The van der Waals surface area contributed by atoms with Crippen LogP contribution in [0, 0.1) is 0 Å². The summed E-state index contributed by atoms with van der Waals surface area (Å²) in [5.74, 6) is -0.713. The van der Waals surface area contributed by atoms with Crippen molar-refractivity contribution in [3.8, 4) is 0 Å². The van der Waals surface area contributed by atoms with Crippen molar-refractivity contribution in [1.29, 1.82) is 0 Å². The molecule has 0 saturated heterocycles. The van der Waals surface area contributed by atoms with E-state index in [1.54, 1.807) is 0 Å². The highest BCUT2D eigenvalue weighted by molar-refractivity contribution is 5.66. The quantitative estimate of drug-likeness (QED) is 0.269. The molecular weight excluding hydrogens is 294 g/mol. The maximum atomic E-state index is 10.3. The van der Waals surface area contributed by atoms with E-state index in [4.69, 9.17) is 9.84 Å². The van der Waals surface area contributed by atoms with Crippen molar-refractivity contribution in [1.82, 2.24) is 16.0 Å². The van der Waals surface area contributed by atoms with Crippen LogP contribution in [-0.4, -0.2) is 63.6 Å². The first kappa shape index (κ1) is 22.3. The molecule has 0 atom stereocenters. The minimum absolute atomic E-state index is 0.264. The minimum Gasteiger partial charge on any atom is -0.481 e. The van der Waals surface area contributed by atoms with E-state index in [9.17, 15) is 4.79 Å². The van der Waals surface area contributed by atoms with Crippen molar-refractivity contribution in [3.05, 3.63) is 0 Å². The highest BCUT2D eigenvalue weighted by Crippen LogP contribution is 1.93. The molecule has 4 N–H and O–H groups in total. The van der Waals surface area contributed by atoms with Gasteiger partial charge in [-0.3, -0.25) is 4.79 Å². The standard InChI is InChI=1S/C17H37N3O3/c1-2-3-9-18-11-6-12-19-13-7-15-23-16-14-20-10-5-4-8-17(21)22/h18-20H,2-16H2,1H3,(H,21,22). The van der Waals surface area contributed by atoms with Gasteiger partial charge in [0.05, 0.1) is 6.61 Å². The number of ether oxygens (including phenoxy) is 1. The normalized spacial score (nSPS) is 11.0. The number of carboxylic acids is 1.